The van der Waals surface area contributed by atoms with Gasteiger partial charge in [-0.3, -0.25) is 4.79 Å². The molecule has 0 N–H and O–H groups in total. The Balaban J connectivity index is 1.39. The Morgan fingerprint density at radius 2 is 1.81 bits per heavy atom. The molecule has 0 bridgehead atoms. The third kappa shape index (κ3) is 2.28. The largest absolute Gasteiger partial charge is 0.298 e. The minimum atomic E-state index is -0.894. The summed E-state index contributed by atoms with van der Waals surface area (Å²) in [5.41, 5.74) is -0.234. The lowest BCUT2D eigenvalue weighted by atomic mass is 9.47. The number of Topliss-reactive ketones (excluding diaryl/α,β-unsaturated/α-hetero) is 1. The van der Waals surface area contributed by atoms with Gasteiger partial charge in [-0.15, -0.1) is 0 Å². The van der Waals surface area contributed by atoms with Crippen LogP contribution in [0.2, 0.25) is 0 Å². The number of alkyl halides is 2. The molecule has 1 nitrogen and oxygen atoms in total. The van der Waals surface area contributed by atoms with Gasteiger partial charge >= 0.3 is 0 Å². The molecule has 0 aromatic rings. The summed E-state index contributed by atoms with van der Waals surface area (Å²) >= 11 is 3.40. The highest BCUT2D eigenvalue weighted by Gasteiger charge is 2.66. The Morgan fingerprint density at radius 1 is 1.04 bits per heavy atom. The van der Waals surface area contributed by atoms with E-state index in [0.717, 1.165) is 50.9 Å². The molecule has 3 heteroatoms. The minimum absolute atomic E-state index is 0.135. The zero-order valence-electron chi connectivity index (χ0n) is 16.4. The zero-order chi connectivity index (χ0) is 18.3. The number of rotatable bonds is 2. The summed E-state index contributed by atoms with van der Waals surface area (Å²) in [5, 5.41) is 0.490. The van der Waals surface area contributed by atoms with Crippen LogP contribution in [-0.2, 0) is 4.79 Å². The van der Waals surface area contributed by atoms with Crippen LogP contribution in [0.5, 0.6) is 0 Å². The van der Waals surface area contributed by atoms with Crippen LogP contribution in [0.1, 0.15) is 78.1 Å². The molecular weight excluding hydrogens is 391 g/mol. The molecule has 0 aromatic carbocycles. The molecule has 0 saturated heterocycles. The van der Waals surface area contributed by atoms with Crippen LogP contribution < -0.4 is 0 Å². The fourth-order valence-electron chi connectivity index (χ4n) is 8.72. The Bertz CT molecular complexity index is 621. The van der Waals surface area contributed by atoms with Crippen molar-refractivity contribution in [2.45, 2.75) is 83.7 Å². The van der Waals surface area contributed by atoms with Crippen molar-refractivity contribution < 1.29 is 9.18 Å². The van der Waals surface area contributed by atoms with Gasteiger partial charge in [0.05, 0.1) is 5.33 Å². The fraction of sp³-hybridized carbons (Fsp3) is 0.957. The van der Waals surface area contributed by atoms with Crippen LogP contribution in [0.25, 0.3) is 0 Å². The molecule has 0 amide bonds. The summed E-state index contributed by atoms with van der Waals surface area (Å²) in [4.78, 5) is 12.5. The molecule has 5 saturated carbocycles. The van der Waals surface area contributed by atoms with Crippen molar-refractivity contribution in [3.05, 3.63) is 0 Å². The van der Waals surface area contributed by atoms with Gasteiger partial charge in [-0.25, -0.2) is 4.39 Å². The van der Waals surface area contributed by atoms with Gasteiger partial charge in [0.15, 0.2) is 0 Å². The standard InChI is InChI=1S/C23H34BrFO/c1-14-11-22(14)9-10-23(25)15(12-22)3-4-16-17-5-6-19(20(26)13-24)21(17,2)8-7-18(16)23/h14-19H,3-13H2,1-2H3/t14?,15-,16+,17?,18?,19-,21+,22-,23-/m1/s1. The van der Waals surface area contributed by atoms with Crippen LogP contribution in [0.4, 0.5) is 4.39 Å². The molecule has 5 aliphatic rings. The van der Waals surface area contributed by atoms with Crippen LogP contribution in [-0.4, -0.2) is 16.8 Å². The number of fused-ring (bicyclic) bond motifs is 5. The van der Waals surface area contributed by atoms with Crippen molar-refractivity contribution in [3.8, 4) is 0 Å². The van der Waals surface area contributed by atoms with E-state index in [9.17, 15) is 4.79 Å². The number of hydrogen-bond acceptors (Lipinski definition) is 1. The predicted octanol–water partition coefficient (Wildman–Crippen LogP) is 6.34. The van der Waals surface area contributed by atoms with Crippen molar-refractivity contribution in [1.29, 1.82) is 0 Å². The smallest absolute Gasteiger partial charge is 0.147 e. The lowest BCUT2D eigenvalue weighted by molar-refractivity contribution is -0.148. The normalized spacial score (nSPS) is 58.0. The van der Waals surface area contributed by atoms with Gasteiger partial charge in [-0.05, 0) is 105 Å². The van der Waals surface area contributed by atoms with Crippen molar-refractivity contribution in [2.24, 2.45) is 46.3 Å². The molecule has 5 fully saturated rings. The van der Waals surface area contributed by atoms with Gasteiger partial charge < -0.3 is 0 Å². The van der Waals surface area contributed by atoms with E-state index in [-0.39, 0.29) is 17.3 Å². The maximum absolute atomic E-state index is 16.5. The van der Waals surface area contributed by atoms with Crippen LogP contribution in [0, 0.1) is 46.3 Å². The van der Waals surface area contributed by atoms with E-state index in [0.29, 0.717) is 34.3 Å². The minimum Gasteiger partial charge on any atom is -0.298 e. The summed E-state index contributed by atoms with van der Waals surface area (Å²) in [5.74, 6) is 3.16. The van der Waals surface area contributed by atoms with Gasteiger partial charge in [0.1, 0.15) is 11.5 Å². The summed E-state index contributed by atoms with van der Waals surface area (Å²) in [7, 11) is 0. The van der Waals surface area contributed by atoms with E-state index < -0.39 is 5.67 Å². The molecule has 5 aliphatic carbocycles. The molecule has 5 rings (SSSR count). The molecule has 146 valence electrons. The topological polar surface area (TPSA) is 17.1 Å². The Kier molecular flexibility index (Phi) is 4.04. The van der Waals surface area contributed by atoms with Gasteiger partial charge in [0.2, 0.25) is 0 Å². The van der Waals surface area contributed by atoms with Gasteiger partial charge in [-0.1, -0.05) is 29.8 Å². The van der Waals surface area contributed by atoms with Crippen molar-refractivity contribution in [2.75, 3.05) is 5.33 Å². The quantitative estimate of drug-likeness (QED) is 0.472. The molecule has 0 radical (unpaired) electrons. The van der Waals surface area contributed by atoms with Crippen molar-refractivity contribution >= 4 is 21.7 Å². The molecule has 3 unspecified atom stereocenters. The number of halogens is 2. The van der Waals surface area contributed by atoms with Gasteiger partial charge in [0.25, 0.3) is 0 Å². The highest BCUT2D eigenvalue weighted by atomic mass is 79.9. The molecule has 0 heterocycles. The lowest BCUT2D eigenvalue weighted by Crippen LogP contribution is -2.57. The van der Waals surface area contributed by atoms with E-state index >= 15 is 4.39 Å². The second-order valence-corrected chi connectivity index (χ2v) is 11.6. The highest BCUT2D eigenvalue weighted by molar-refractivity contribution is 9.09. The lowest BCUT2D eigenvalue weighted by Gasteiger charge is -2.59. The first kappa shape index (κ1) is 18.1. The molecule has 0 aromatic heterocycles. The zero-order valence-corrected chi connectivity index (χ0v) is 18.0. The number of carbonyl (C=O) groups is 1. The third-order valence-electron chi connectivity index (χ3n) is 10.4. The summed E-state index contributed by atoms with van der Waals surface area (Å²) in [6.07, 6.45) is 11.1. The van der Waals surface area contributed by atoms with E-state index in [1.165, 1.54) is 19.3 Å². The number of hydrogen-bond donors (Lipinski definition) is 0. The maximum Gasteiger partial charge on any atom is 0.147 e. The Morgan fingerprint density at radius 3 is 2.50 bits per heavy atom. The van der Waals surface area contributed by atoms with E-state index in [1.54, 1.807) is 0 Å². The predicted molar refractivity (Wildman–Crippen MR) is 106 cm³/mol. The highest BCUT2D eigenvalue weighted by Crippen LogP contribution is 2.71. The average molecular weight is 425 g/mol. The first-order valence-electron chi connectivity index (χ1n) is 11.1. The first-order valence-corrected chi connectivity index (χ1v) is 12.2. The van der Waals surface area contributed by atoms with E-state index in [4.69, 9.17) is 0 Å². The SMILES string of the molecule is CC1C[C@@]12CC[C@]1(F)C3CC[C@@]4(C)C(CC[C@@H]4C(=O)CBr)[C@@H]3CC[C@@H]1C2. The van der Waals surface area contributed by atoms with Gasteiger partial charge in [0, 0.05) is 5.92 Å². The van der Waals surface area contributed by atoms with Crippen molar-refractivity contribution in [1.82, 2.24) is 0 Å². The summed E-state index contributed by atoms with van der Waals surface area (Å²) in [6.45, 7) is 4.74. The molecule has 0 aliphatic heterocycles. The van der Waals surface area contributed by atoms with Gasteiger partial charge in [-0.2, -0.15) is 0 Å². The second-order valence-electron chi connectivity index (χ2n) is 11.0. The Hall–Kier alpha value is 0.0800. The van der Waals surface area contributed by atoms with E-state index in [1.807, 2.05) is 0 Å². The summed E-state index contributed by atoms with van der Waals surface area (Å²) < 4.78 is 16.5. The Labute approximate surface area is 166 Å². The average Bonchev–Trinajstić information content (AvgIpc) is 3.08. The van der Waals surface area contributed by atoms with Crippen molar-refractivity contribution in [3.63, 3.8) is 0 Å². The van der Waals surface area contributed by atoms with Crippen LogP contribution in [0.15, 0.2) is 0 Å². The summed E-state index contributed by atoms with van der Waals surface area (Å²) in [6, 6.07) is 0. The third-order valence-corrected chi connectivity index (χ3v) is 10.9. The molecule has 26 heavy (non-hydrogen) atoms. The van der Waals surface area contributed by atoms with Crippen LogP contribution in [0.3, 0.4) is 0 Å². The first-order chi connectivity index (χ1) is 12.3. The van der Waals surface area contributed by atoms with E-state index in [2.05, 4.69) is 29.8 Å². The monoisotopic (exact) mass is 424 g/mol. The molecule has 1 spiro atoms. The number of carbonyl (C=O) groups excluding carboxylic acids is 1. The second kappa shape index (κ2) is 5.80. The van der Waals surface area contributed by atoms with Crippen LogP contribution >= 0.6 is 15.9 Å². The molecule has 9 atom stereocenters. The molecular formula is C23H34BrFO. The fourth-order valence-corrected chi connectivity index (χ4v) is 9.11. The number of ketones is 1. The maximum atomic E-state index is 16.5.